The number of hydrogen-bond acceptors (Lipinski definition) is 10. The van der Waals surface area contributed by atoms with Crippen molar-refractivity contribution in [1.29, 1.82) is 0 Å². The van der Waals surface area contributed by atoms with Crippen LogP contribution in [0.4, 0.5) is 0 Å². The maximum absolute atomic E-state index is 14.6. The summed E-state index contributed by atoms with van der Waals surface area (Å²) in [5.41, 5.74) is 8.29. The van der Waals surface area contributed by atoms with Gasteiger partial charge in [0, 0.05) is 31.0 Å². The number of hydrogen-bond donors (Lipinski definition) is 8. The second-order valence-electron chi connectivity index (χ2n) is 20.2. The highest BCUT2D eigenvalue weighted by atomic mass is 16.3. The molecule has 3 heterocycles. The molecular formula is C54H91N9O6. The largest absolute Gasteiger partial charge is 0.508 e. The van der Waals surface area contributed by atoms with Crippen molar-refractivity contribution in [3.05, 3.63) is 53.9 Å². The monoisotopic (exact) mass is 962 g/mol. The van der Waals surface area contributed by atoms with Crippen LogP contribution in [0.2, 0.25) is 0 Å². The van der Waals surface area contributed by atoms with Crippen LogP contribution < -0.4 is 37.6 Å². The molecule has 3 aliphatic rings. The molecule has 3 saturated heterocycles. The topological polar surface area (TPSA) is 210 Å². The van der Waals surface area contributed by atoms with Crippen LogP contribution in [0.15, 0.2) is 48.3 Å². The number of nitrogens with one attached hydrogen (secondary N) is 6. The average molecular weight is 962 g/mol. The van der Waals surface area contributed by atoms with Crippen molar-refractivity contribution in [2.45, 2.75) is 199 Å². The molecule has 0 spiro atoms. The molecular weight excluding hydrogens is 871 g/mol. The van der Waals surface area contributed by atoms with Gasteiger partial charge >= 0.3 is 0 Å². The molecule has 4 rings (SSSR count). The lowest BCUT2D eigenvalue weighted by Crippen LogP contribution is -2.57. The van der Waals surface area contributed by atoms with E-state index in [1.807, 2.05) is 44.0 Å². The lowest BCUT2D eigenvalue weighted by Gasteiger charge is -2.34. The lowest BCUT2D eigenvalue weighted by atomic mass is 9.92. The molecule has 0 bridgehead atoms. The molecule has 0 aromatic heterocycles. The summed E-state index contributed by atoms with van der Waals surface area (Å²) >= 11 is 0. The Morgan fingerprint density at radius 3 is 2.12 bits per heavy atom. The van der Waals surface area contributed by atoms with Gasteiger partial charge in [-0.15, -0.1) is 0 Å². The molecule has 1 aromatic carbocycles. The van der Waals surface area contributed by atoms with Crippen molar-refractivity contribution < 1.29 is 29.1 Å². The summed E-state index contributed by atoms with van der Waals surface area (Å²) in [5, 5.41) is 29.4. The summed E-state index contributed by atoms with van der Waals surface area (Å²) < 4.78 is 0. The van der Waals surface area contributed by atoms with Gasteiger partial charge in [-0.2, -0.15) is 0 Å². The zero-order chi connectivity index (χ0) is 50.1. The smallest absolute Gasteiger partial charge is 0.245 e. The summed E-state index contributed by atoms with van der Waals surface area (Å²) in [7, 11) is 1.85. The Hall–Kier alpha value is -4.63. The minimum atomic E-state index is -0.855. The van der Waals surface area contributed by atoms with Crippen molar-refractivity contribution in [3.8, 4) is 5.75 Å². The van der Waals surface area contributed by atoms with Crippen molar-refractivity contribution in [2.24, 2.45) is 17.6 Å². The molecule has 8 atom stereocenters. The molecule has 15 heteroatoms. The molecule has 9 N–H and O–H groups in total. The number of amides is 5. The van der Waals surface area contributed by atoms with Gasteiger partial charge in [0.2, 0.25) is 29.5 Å². The Labute approximate surface area is 414 Å². The third-order valence-corrected chi connectivity index (χ3v) is 14.3. The minimum Gasteiger partial charge on any atom is -0.508 e. The van der Waals surface area contributed by atoms with Crippen molar-refractivity contribution in [2.75, 3.05) is 39.8 Å². The van der Waals surface area contributed by atoms with Gasteiger partial charge in [0.15, 0.2) is 0 Å². The van der Waals surface area contributed by atoms with Gasteiger partial charge in [-0.05, 0) is 146 Å². The van der Waals surface area contributed by atoms with Crippen LogP contribution in [0.25, 0.3) is 0 Å². The second-order valence-corrected chi connectivity index (χ2v) is 20.2. The highest BCUT2D eigenvalue weighted by molar-refractivity contribution is 5.94. The molecule has 3 aliphatic heterocycles. The van der Waals surface area contributed by atoms with Gasteiger partial charge in [0.1, 0.15) is 36.0 Å². The number of aryl methyl sites for hydroxylation is 1. The Kier molecular flexibility index (Phi) is 25.5. The number of phenolic OH excluding ortho intramolecular Hbond substituents is 1. The first kappa shape index (κ1) is 57.0. The Morgan fingerprint density at radius 1 is 0.783 bits per heavy atom. The standard InChI is InChI=1S/C54H91N9O6/c1-7-19-44-48-24-17-34-62(48)53(68)43(8-2)60-50(65)45(58-40(5)21-14-12-10-9-11-13-20-38(3)36-39(4)37-55)22-16-33-57-52(67)49-25-18-35-63(49)54(69)47(23-15-32-56-6)61-51(66)46(59-44)31-28-41-26-29-42(64)30-27-41/h19,26-27,29-30,38-39,43,45-49,56,58-59,64H,5,7-18,20-25,28,31-37,55H2,1-4,6H3,(H,57,67)(H,60,65)(H,61,66)/b44-19-/t38?,39?,43?,45-,46-,47-,48-,49-/m0/s1. The highest BCUT2D eigenvalue weighted by Crippen LogP contribution is 2.27. The number of benzene rings is 1. The molecule has 388 valence electrons. The average Bonchev–Trinajstić information content (AvgIpc) is 4.04. The number of nitrogens with two attached hydrogens (primary N) is 1. The molecule has 15 nitrogen and oxygen atoms in total. The SMILES string of the molecule is C=C(CCCCCCCCC(C)CC(C)CN)N[C@H]1CCCNC(=O)[C@@H]2CCCN2C(=O)[C@H](CCCNC)NC(=O)[C@H](CCc2ccc(O)cc2)N/C(=C\CC)[C@@H]2CCCN2C(=O)C(CC)NC1=O. The Bertz CT molecular complexity index is 1790. The van der Waals surface area contributed by atoms with E-state index in [0.717, 1.165) is 55.6 Å². The molecule has 69 heavy (non-hydrogen) atoms. The van der Waals surface area contributed by atoms with Crippen molar-refractivity contribution >= 4 is 29.5 Å². The Balaban J connectivity index is 1.55. The fourth-order valence-electron chi connectivity index (χ4n) is 10.3. The first-order valence-corrected chi connectivity index (χ1v) is 26.8. The first-order valence-electron chi connectivity index (χ1n) is 26.8. The summed E-state index contributed by atoms with van der Waals surface area (Å²) in [6.07, 6.45) is 18.5. The summed E-state index contributed by atoms with van der Waals surface area (Å²) in [5.74, 6) is 0.106. The normalized spacial score (nSPS) is 24.9. The van der Waals surface area contributed by atoms with Crippen molar-refractivity contribution in [1.82, 2.24) is 41.7 Å². The minimum absolute atomic E-state index is 0.153. The van der Waals surface area contributed by atoms with E-state index in [1.54, 1.807) is 17.0 Å². The van der Waals surface area contributed by atoms with Crippen LogP contribution in [0.3, 0.4) is 0 Å². The molecule has 3 fully saturated rings. The number of aromatic hydroxyl groups is 1. The van der Waals surface area contributed by atoms with Crippen LogP contribution in [0.1, 0.15) is 162 Å². The van der Waals surface area contributed by atoms with Crippen LogP contribution in [-0.2, 0) is 30.4 Å². The van der Waals surface area contributed by atoms with E-state index < -0.39 is 30.2 Å². The maximum atomic E-state index is 14.6. The second kappa shape index (κ2) is 30.9. The van der Waals surface area contributed by atoms with E-state index >= 15 is 0 Å². The first-order chi connectivity index (χ1) is 33.3. The fourth-order valence-corrected chi connectivity index (χ4v) is 10.3. The molecule has 5 amide bonds. The number of carbonyl (C=O) groups is 5. The van der Waals surface area contributed by atoms with Gasteiger partial charge < -0.3 is 52.5 Å². The van der Waals surface area contributed by atoms with Crippen molar-refractivity contribution in [3.63, 3.8) is 0 Å². The molecule has 1 aromatic rings. The van der Waals surface area contributed by atoms with Gasteiger partial charge in [0.25, 0.3) is 0 Å². The number of allylic oxidation sites excluding steroid dienone is 2. The zero-order valence-corrected chi connectivity index (χ0v) is 43.1. The summed E-state index contributed by atoms with van der Waals surface area (Å²) in [4.78, 5) is 75.3. The van der Waals surface area contributed by atoms with Crippen LogP contribution in [0.5, 0.6) is 5.75 Å². The fraction of sp³-hybridized carbons (Fsp3) is 0.722. The third kappa shape index (κ3) is 18.9. The van der Waals surface area contributed by atoms with E-state index in [4.69, 9.17) is 5.73 Å². The van der Waals surface area contributed by atoms with E-state index in [0.29, 0.717) is 109 Å². The maximum Gasteiger partial charge on any atom is 0.245 e. The number of phenols is 1. The zero-order valence-electron chi connectivity index (χ0n) is 43.1. The third-order valence-electron chi connectivity index (χ3n) is 14.3. The van der Waals surface area contributed by atoms with Gasteiger partial charge in [0.05, 0.1) is 6.04 Å². The summed E-state index contributed by atoms with van der Waals surface area (Å²) in [6, 6.07) is 2.81. The Morgan fingerprint density at radius 2 is 1.43 bits per heavy atom. The van der Waals surface area contributed by atoms with Gasteiger partial charge in [-0.1, -0.05) is 91.0 Å². The summed E-state index contributed by atoms with van der Waals surface area (Å²) in [6.45, 7) is 15.4. The molecule has 0 saturated carbocycles. The number of carbonyl (C=O) groups excluding carboxylic acids is 5. The van der Waals surface area contributed by atoms with E-state index in [-0.39, 0.29) is 41.3 Å². The van der Waals surface area contributed by atoms with E-state index in [2.05, 4.69) is 52.3 Å². The van der Waals surface area contributed by atoms with E-state index in [1.165, 1.54) is 32.1 Å². The lowest BCUT2D eigenvalue weighted by molar-refractivity contribution is -0.141. The molecule has 0 aliphatic carbocycles. The number of unbranched alkanes of at least 4 members (excludes halogenated alkanes) is 5. The number of fused-ring (bicyclic) bond motifs is 2. The van der Waals surface area contributed by atoms with Crippen LogP contribution >= 0.6 is 0 Å². The van der Waals surface area contributed by atoms with Gasteiger partial charge in [-0.25, -0.2) is 0 Å². The highest BCUT2D eigenvalue weighted by Gasteiger charge is 2.40. The quantitative estimate of drug-likeness (QED) is 0.0595. The predicted octanol–water partition coefficient (Wildman–Crippen LogP) is 6.06. The number of nitrogens with zero attached hydrogens (tertiary/aromatic N) is 2. The molecule has 0 radical (unpaired) electrons. The van der Waals surface area contributed by atoms with E-state index in [9.17, 15) is 29.1 Å². The molecule has 3 unspecified atom stereocenters. The van der Waals surface area contributed by atoms with Crippen LogP contribution in [-0.4, -0.2) is 120 Å². The predicted molar refractivity (Wildman–Crippen MR) is 276 cm³/mol. The van der Waals surface area contributed by atoms with Crippen LogP contribution in [0, 0.1) is 11.8 Å². The van der Waals surface area contributed by atoms with Gasteiger partial charge in [-0.3, -0.25) is 24.0 Å². The number of rotatable bonds is 23.